The summed E-state index contributed by atoms with van der Waals surface area (Å²) < 4.78 is 76.5. The highest BCUT2D eigenvalue weighted by Gasteiger charge is 2.36. The lowest BCUT2D eigenvalue weighted by molar-refractivity contribution is -0.0666. The Hall–Kier alpha value is -3.52. The third-order valence-corrected chi connectivity index (χ3v) is 5.75. The first kappa shape index (κ1) is 38.5. The summed E-state index contributed by atoms with van der Waals surface area (Å²) in [5.74, 6) is 0. The van der Waals surface area contributed by atoms with Crippen LogP contribution in [0.3, 0.4) is 0 Å². The number of oxime groups is 2. The van der Waals surface area contributed by atoms with E-state index in [0.29, 0.717) is 41.5 Å². The minimum absolute atomic E-state index is 0.0881. The molecule has 16 nitrogen and oxygen atoms in total. The molecule has 0 heterocycles. The van der Waals surface area contributed by atoms with Gasteiger partial charge in [0.2, 0.25) is 9.98 Å². The Morgan fingerprint density at radius 2 is 0.881 bits per heavy atom. The number of alkyl halides is 6. The van der Waals surface area contributed by atoms with Crippen LogP contribution >= 0.6 is 48.7 Å². The molecule has 0 rings (SSSR count). The van der Waals surface area contributed by atoms with Crippen molar-refractivity contribution in [3.05, 3.63) is 0 Å². The predicted molar refractivity (Wildman–Crippen MR) is 142 cm³/mol. The van der Waals surface area contributed by atoms with Gasteiger partial charge in [-0.2, -0.15) is 26.3 Å². The van der Waals surface area contributed by atoms with E-state index in [2.05, 4.69) is 54.1 Å². The van der Waals surface area contributed by atoms with Crippen LogP contribution in [-0.4, -0.2) is 104 Å². The van der Waals surface area contributed by atoms with Crippen LogP contribution in [0.4, 0.5) is 45.5 Å². The molecule has 4 amide bonds. The first-order chi connectivity index (χ1) is 19.1. The summed E-state index contributed by atoms with van der Waals surface area (Å²) in [6, 6.07) is 0. The van der Waals surface area contributed by atoms with Crippen LogP contribution in [0.1, 0.15) is 13.8 Å². The van der Waals surface area contributed by atoms with E-state index in [1.54, 1.807) is 0 Å². The number of amides is 4. The van der Waals surface area contributed by atoms with Gasteiger partial charge in [0, 0.05) is 28.2 Å². The lowest BCUT2D eigenvalue weighted by Gasteiger charge is -2.20. The monoisotopic (exact) mass is 694 g/mol. The van der Waals surface area contributed by atoms with E-state index in [1.165, 1.54) is 24.8 Å². The second-order valence-electron chi connectivity index (χ2n) is 6.81. The molecule has 0 aliphatic heterocycles. The van der Waals surface area contributed by atoms with Gasteiger partial charge in [0.1, 0.15) is 11.4 Å². The fraction of sp³-hybridized carbons (Fsp3) is 0.500. The Balaban J connectivity index is 4.78. The molecular formula is C16H20F6N8O8S4. The van der Waals surface area contributed by atoms with Crippen LogP contribution in [0.15, 0.2) is 10.3 Å². The normalized spacial score (nSPS) is 11.9. The van der Waals surface area contributed by atoms with Crippen molar-refractivity contribution in [1.29, 1.82) is 0 Å². The quantitative estimate of drug-likeness (QED) is 0.0983. The third-order valence-electron chi connectivity index (χ3n) is 3.54. The van der Waals surface area contributed by atoms with Gasteiger partial charge < -0.3 is 9.68 Å². The molecule has 0 aliphatic carbocycles. The Morgan fingerprint density at radius 3 is 1.14 bits per heavy atom. The number of thiocarbonyl (C=S) groups is 2. The first-order valence-corrected chi connectivity index (χ1v) is 12.3. The standard InChI is InChI=1S/C16H20F6N8O8S4/c1-7(23-35-11(31)27(3)41-29(5)13(33)37-25-9(39)15(17,18)19)8(2)24-36-12(32)28(4)42-30(6)14(34)38-26-10(40)16(20,21)22/h1-6H3,(H,25,39)(H,26,40)/b23-7+,24-8+. The highest BCUT2D eigenvalue weighted by molar-refractivity contribution is 7.95. The first-order valence-electron chi connectivity index (χ1n) is 10.1. The van der Waals surface area contributed by atoms with E-state index in [9.17, 15) is 45.5 Å². The van der Waals surface area contributed by atoms with Crippen LogP contribution in [0.25, 0.3) is 0 Å². The van der Waals surface area contributed by atoms with Crippen LogP contribution in [0, 0.1) is 0 Å². The average molecular weight is 695 g/mol. The minimum Gasteiger partial charge on any atom is -0.323 e. The van der Waals surface area contributed by atoms with Gasteiger partial charge in [-0.15, -0.1) is 0 Å². The van der Waals surface area contributed by atoms with Gasteiger partial charge in [-0.25, -0.2) is 47.4 Å². The molecule has 0 saturated heterocycles. The number of hydroxylamine groups is 2. The molecule has 238 valence electrons. The van der Waals surface area contributed by atoms with Crippen molar-refractivity contribution in [1.82, 2.24) is 28.2 Å². The van der Waals surface area contributed by atoms with Gasteiger partial charge in [-0.3, -0.25) is 9.68 Å². The highest BCUT2D eigenvalue weighted by atomic mass is 32.2. The van der Waals surface area contributed by atoms with Crippen LogP contribution < -0.4 is 11.0 Å². The van der Waals surface area contributed by atoms with Crippen molar-refractivity contribution >= 4 is 94.5 Å². The van der Waals surface area contributed by atoms with Crippen molar-refractivity contribution in [2.24, 2.45) is 10.3 Å². The smallest absolute Gasteiger partial charge is 0.323 e. The molecule has 0 aromatic heterocycles. The van der Waals surface area contributed by atoms with Gasteiger partial charge in [0.15, 0.2) is 0 Å². The molecule has 42 heavy (non-hydrogen) atoms. The third kappa shape index (κ3) is 14.4. The number of halogens is 6. The second kappa shape index (κ2) is 16.8. The number of nitrogens with zero attached hydrogens (tertiary/aromatic N) is 6. The molecule has 0 fully saturated rings. The van der Waals surface area contributed by atoms with E-state index >= 15 is 0 Å². The van der Waals surface area contributed by atoms with E-state index in [-0.39, 0.29) is 11.4 Å². The molecule has 0 radical (unpaired) electrons. The Kier molecular flexibility index (Phi) is 15.4. The fourth-order valence-electron chi connectivity index (χ4n) is 1.39. The summed E-state index contributed by atoms with van der Waals surface area (Å²) in [4.78, 5) is 61.6. The van der Waals surface area contributed by atoms with Crippen molar-refractivity contribution in [2.75, 3.05) is 28.2 Å². The Bertz CT molecular complexity index is 1030. The van der Waals surface area contributed by atoms with Gasteiger partial charge in [-0.05, 0) is 13.8 Å². The Morgan fingerprint density at radius 1 is 0.619 bits per heavy atom. The van der Waals surface area contributed by atoms with E-state index in [4.69, 9.17) is 0 Å². The number of rotatable bonds is 7. The second-order valence-corrected chi connectivity index (χ2v) is 10.1. The summed E-state index contributed by atoms with van der Waals surface area (Å²) in [6.07, 6.45) is -14.9. The van der Waals surface area contributed by atoms with Crippen molar-refractivity contribution in [3.8, 4) is 0 Å². The van der Waals surface area contributed by atoms with Crippen molar-refractivity contribution in [2.45, 2.75) is 26.2 Å². The molecule has 0 aromatic rings. The fourth-order valence-corrected chi connectivity index (χ4v) is 2.61. The molecule has 0 bridgehead atoms. The molecule has 0 spiro atoms. The number of hydrogen-bond donors (Lipinski definition) is 2. The topological polar surface area (TPSA) is 167 Å². The van der Waals surface area contributed by atoms with Crippen molar-refractivity contribution < 1.29 is 64.9 Å². The van der Waals surface area contributed by atoms with Gasteiger partial charge >= 0.3 is 36.7 Å². The predicted octanol–water partition coefficient (Wildman–Crippen LogP) is 3.93. The van der Waals surface area contributed by atoms with Crippen LogP contribution in [-0.2, 0) is 19.4 Å². The lowest BCUT2D eigenvalue weighted by Crippen LogP contribution is -2.39. The highest BCUT2D eigenvalue weighted by Crippen LogP contribution is 2.19. The number of nitrogens with one attached hydrogen (secondary N) is 2. The molecule has 26 heteroatoms. The summed E-state index contributed by atoms with van der Waals surface area (Å²) >= 11 is 8.63. The number of carbonyl (C=O) groups excluding carboxylic acids is 4. The van der Waals surface area contributed by atoms with Gasteiger partial charge in [-0.1, -0.05) is 34.7 Å². The van der Waals surface area contributed by atoms with Crippen molar-refractivity contribution in [3.63, 3.8) is 0 Å². The van der Waals surface area contributed by atoms with Gasteiger partial charge in [0.25, 0.3) is 0 Å². The zero-order valence-electron chi connectivity index (χ0n) is 21.9. The van der Waals surface area contributed by atoms with Crippen LogP contribution in [0.5, 0.6) is 0 Å². The molecule has 0 atom stereocenters. The average Bonchev–Trinajstić information content (AvgIpc) is 2.89. The summed E-state index contributed by atoms with van der Waals surface area (Å²) in [5.41, 5.74) is 2.30. The molecule has 0 aromatic carbocycles. The summed E-state index contributed by atoms with van der Waals surface area (Å²) in [6.45, 7) is 2.57. The largest absolute Gasteiger partial charge is 0.447 e. The van der Waals surface area contributed by atoms with E-state index in [0.717, 1.165) is 28.2 Å². The summed E-state index contributed by atoms with van der Waals surface area (Å²) in [5, 5.41) is 6.89. The number of hydrogen-bond acceptors (Lipinski definition) is 14. The molecule has 0 unspecified atom stereocenters. The minimum atomic E-state index is -4.93. The zero-order chi connectivity index (χ0) is 33.0. The maximum atomic E-state index is 12.3. The van der Waals surface area contributed by atoms with E-state index in [1.807, 2.05) is 0 Å². The molecule has 2 N–H and O–H groups in total. The van der Waals surface area contributed by atoms with Gasteiger partial charge in [0.05, 0.1) is 24.3 Å². The molecular weight excluding hydrogens is 674 g/mol. The maximum absolute atomic E-state index is 12.3. The van der Waals surface area contributed by atoms with Crippen LogP contribution in [0.2, 0.25) is 0 Å². The number of carbonyl (C=O) groups is 4. The summed E-state index contributed by atoms with van der Waals surface area (Å²) in [7, 11) is 4.31. The SMILES string of the molecule is CC(=N\OC(=O)N(C)SN(C)C(=O)ONC(=S)C(F)(F)F)/C(C)=N/OC(=O)N(C)SN(C)C(=O)ONC(=S)C(F)(F)F. The van der Waals surface area contributed by atoms with E-state index < -0.39 is 46.7 Å². The lowest BCUT2D eigenvalue weighted by atomic mass is 10.3. The Labute approximate surface area is 252 Å². The molecule has 0 aliphatic rings. The maximum Gasteiger partial charge on any atom is 0.447 e. The zero-order valence-corrected chi connectivity index (χ0v) is 25.1. The molecule has 0 saturated carbocycles.